The number of amides is 1. The van der Waals surface area contributed by atoms with Crippen molar-refractivity contribution < 1.29 is 4.79 Å². The Hall–Kier alpha value is -2.29. The molecule has 0 bridgehead atoms. The lowest BCUT2D eigenvalue weighted by Crippen LogP contribution is -2.48. The van der Waals surface area contributed by atoms with Crippen molar-refractivity contribution in [2.45, 2.75) is 25.8 Å². The third kappa shape index (κ3) is 3.14. The van der Waals surface area contributed by atoms with E-state index in [4.69, 9.17) is 0 Å². The third-order valence-electron chi connectivity index (χ3n) is 3.52. The Bertz CT molecular complexity index is 714. The first-order valence-corrected chi connectivity index (χ1v) is 7.90. The van der Waals surface area contributed by atoms with Crippen LogP contribution in [0, 0.1) is 6.92 Å². The molecule has 1 fully saturated rings. The minimum absolute atomic E-state index is 0.0346. The topological polar surface area (TPSA) is 104 Å². The van der Waals surface area contributed by atoms with Gasteiger partial charge in [0.15, 0.2) is 5.69 Å². The third-order valence-corrected chi connectivity index (χ3v) is 4.27. The average Bonchev–Trinajstić information content (AvgIpc) is 3.01. The Morgan fingerprint density at radius 1 is 1.55 bits per heavy atom. The van der Waals surface area contributed by atoms with Crippen LogP contribution < -0.4 is 15.6 Å². The molecule has 2 N–H and O–H groups in total. The molecule has 2 aromatic heterocycles. The van der Waals surface area contributed by atoms with Gasteiger partial charge in [0.2, 0.25) is 10.6 Å². The van der Waals surface area contributed by atoms with E-state index in [0.29, 0.717) is 12.2 Å². The monoisotopic (exact) mass is 320 g/mol. The number of rotatable bonds is 3. The minimum Gasteiger partial charge on any atom is -0.346 e. The number of nitrogens with one attached hydrogen (secondary N) is 2. The summed E-state index contributed by atoms with van der Waals surface area (Å²) in [7, 11) is 0. The van der Waals surface area contributed by atoms with Gasteiger partial charge in [0, 0.05) is 30.9 Å². The van der Waals surface area contributed by atoms with Crippen molar-refractivity contribution >= 4 is 22.4 Å². The molecule has 1 atom stereocenters. The fourth-order valence-corrected chi connectivity index (χ4v) is 3.08. The number of carbonyl (C=O) groups excluding carboxylic acids is 1. The molecule has 1 aliphatic heterocycles. The number of anilines is 1. The van der Waals surface area contributed by atoms with Crippen LogP contribution in [-0.2, 0) is 0 Å². The number of aryl methyl sites for hydroxylation is 1. The fourth-order valence-electron chi connectivity index (χ4n) is 2.49. The lowest BCUT2D eigenvalue weighted by Gasteiger charge is -2.32. The summed E-state index contributed by atoms with van der Waals surface area (Å²) in [6.45, 7) is 3.27. The molecule has 22 heavy (non-hydrogen) atoms. The lowest BCUT2D eigenvalue weighted by molar-refractivity contribution is 0.0926. The van der Waals surface area contributed by atoms with Crippen molar-refractivity contribution in [1.29, 1.82) is 0 Å². The standard InChI is InChI=1S/C13H16N6O2S/c1-8-5-10(20)11(17-16-8)12(21)15-9-3-2-4-19(6-9)13-18-14-7-22-13/h5,7,9H,2-4,6H2,1H3,(H,15,21)(H,16,20)/t9-/m1/s1. The maximum Gasteiger partial charge on any atom is 0.276 e. The molecule has 3 heterocycles. The Balaban J connectivity index is 1.67. The summed E-state index contributed by atoms with van der Waals surface area (Å²) in [6, 6.07) is 1.34. The second-order valence-corrected chi connectivity index (χ2v) is 6.06. The van der Waals surface area contributed by atoms with Gasteiger partial charge in [0.05, 0.1) is 0 Å². The number of hydrogen-bond donors (Lipinski definition) is 2. The average molecular weight is 320 g/mol. The van der Waals surface area contributed by atoms with Gasteiger partial charge in [0.25, 0.3) is 5.91 Å². The molecule has 2 aromatic rings. The van der Waals surface area contributed by atoms with Crippen LogP contribution in [0.5, 0.6) is 0 Å². The van der Waals surface area contributed by atoms with E-state index in [1.54, 1.807) is 12.4 Å². The molecule has 9 heteroatoms. The van der Waals surface area contributed by atoms with Crippen molar-refractivity contribution in [3.05, 3.63) is 33.2 Å². The molecule has 0 spiro atoms. The molecule has 1 saturated heterocycles. The maximum atomic E-state index is 12.2. The number of piperidine rings is 1. The quantitative estimate of drug-likeness (QED) is 0.844. The van der Waals surface area contributed by atoms with E-state index in [1.165, 1.54) is 17.4 Å². The van der Waals surface area contributed by atoms with Gasteiger partial charge < -0.3 is 10.2 Å². The summed E-state index contributed by atoms with van der Waals surface area (Å²) in [4.78, 5) is 26.1. The van der Waals surface area contributed by atoms with Crippen LogP contribution in [-0.4, -0.2) is 45.4 Å². The fraction of sp³-hybridized carbons (Fsp3) is 0.462. The summed E-state index contributed by atoms with van der Waals surface area (Å²) < 4.78 is 0. The summed E-state index contributed by atoms with van der Waals surface area (Å²) >= 11 is 1.47. The van der Waals surface area contributed by atoms with Crippen LogP contribution in [0.25, 0.3) is 0 Å². The molecule has 0 radical (unpaired) electrons. The molecule has 0 unspecified atom stereocenters. The predicted molar refractivity (Wildman–Crippen MR) is 82.2 cm³/mol. The van der Waals surface area contributed by atoms with Crippen molar-refractivity contribution in [2.24, 2.45) is 0 Å². The molecule has 0 aliphatic carbocycles. The molecule has 1 amide bonds. The summed E-state index contributed by atoms with van der Waals surface area (Å²) in [6.07, 6.45) is 1.81. The molecule has 8 nitrogen and oxygen atoms in total. The van der Waals surface area contributed by atoms with Crippen LogP contribution in [0.15, 0.2) is 16.4 Å². The Labute approximate surface area is 130 Å². The van der Waals surface area contributed by atoms with Crippen LogP contribution in [0.1, 0.15) is 29.0 Å². The van der Waals surface area contributed by atoms with Gasteiger partial charge in [-0.05, 0) is 19.8 Å². The van der Waals surface area contributed by atoms with Crippen LogP contribution in [0.4, 0.5) is 5.13 Å². The Morgan fingerprint density at radius 3 is 3.14 bits per heavy atom. The van der Waals surface area contributed by atoms with Crippen molar-refractivity contribution in [3.8, 4) is 0 Å². The van der Waals surface area contributed by atoms with Crippen molar-refractivity contribution in [1.82, 2.24) is 25.7 Å². The van der Waals surface area contributed by atoms with Gasteiger partial charge in [-0.2, -0.15) is 5.10 Å². The SMILES string of the molecule is Cc1cc(=O)c(C(=O)N[C@@H]2CCCN(c3nncs3)C2)n[nH]1. The van der Waals surface area contributed by atoms with Crippen LogP contribution in [0.3, 0.4) is 0 Å². The van der Waals surface area contributed by atoms with Crippen LogP contribution in [0.2, 0.25) is 0 Å². The van der Waals surface area contributed by atoms with Crippen LogP contribution >= 0.6 is 11.3 Å². The summed E-state index contributed by atoms with van der Waals surface area (Å²) in [5.41, 5.74) is 1.85. The summed E-state index contributed by atoms with van der Waals surface area (Å²) in [5, 5.41) is 18.1. The first kappa shape index (κ1) is 14.6. The van der Waals surface area contributed by atoms with Gasteiger partial charge >= 0.3 is 0 Å². The molecule has 3 rings (SSSR count). The minimum atomic E-state index is -0.439. The predicted octanol–water partition coefficient (Wildman–Crippen LogP) is 0.329. The molecule has 0 aromatic carbocycles. The highest BCUT2D eigenvalue weighted by Gasteiger charge is 2.24. The molecule has 1 aliphatic rings. The van der Waals surface area contributed by atoms with Gasteiger partial charge in [-0.25, -0.2) is 0 Å². The highest BCUT2D eigenvalue weighted by molar-refractivity contribution is 7.13. The zero-order chi connectivity index (χ0) is 15.5. The zero-order valence-electron chi connectivity index (χ0n) is 12.1. The number of carbonyl (C=O) groups is 1. The number of nitrogens with zero attached hydrogens (tertiary/aromatic N) is 4. The molecular weight excluding hydrogens is 304 g/mol. The Morgan fingerprint density at radius 2 is 2.41 bits per heavy atom. The van der Waals surface area contributed by atoms with E-state index in [1.807, 2.05) is 0 Å². The van der Waals surface area contributed by atoms with Gasteiger partial charge in [-0.3, -0.25) is 14.7 Å². The van der Waals surface area contributed by atoms with Gasteiger partial charge in [0.1, 0.15) is 5.51 Å². The van der Waals surface area contributed by atoms with E-state index in [2.05, 4.69) is 30.6 Å². The molecular formula is C13H16N6O2S. The van der Waals surface area contributed by atoms with E-state index in [9.17, 15) is 9.59 Å². The number of hydrogen-bond acceptors (Lipinski definition) is 7. The van der Waals surface area contributed by atoms with E-state index in [-0.39, 0.29) is 17.2 Å². The van der Waals surface area contributed by atoms with E-state index >= 15 is 0 Å². The number of aromatic amines is 1. The van der Waals surface area contributed by atoms with E-state index < -0.39 is 5.91 Å². The second-order valence-electron chi connectivity index (χ2n) is 5.24. The zero-order valence-corrected chi connectivity index (χ0v) is 12.9. The summed E-state index contributed by atoms with van der Waals surface area (Å²) in [5.74, 6) is -0.439. The number of H-pyrrole nitrogens is 1. The lowest BCUT2D eigenvalue weighted by atomic mass is 10.1. The molecule has 0 saturated carbocycles. The van der Waals surface area contributed by atoms with Crippen molar-refractivity contribution in [3.63, 3.8) is 0 Å². The normalized spacial score (nSPS) is 18.2. The van der Waals surface area contributed by atoms with Gasteiger partial charge in [-0.15, -0.1) is 10.2 Å². The van der Waals surface area contributed by atoms with E-state index in [0.717, 1.165) is 24.5 Å². The first-order valence-electron chi connectivity index (χ1n) is 7.02. The largest absolute Gasteiger partial charge is 0.346 e. The number of aromatic nitrogens is 4. The highest BCUT2D eigenvalue weighted by atomic mass is 32.1. The first-order chi connectivity index (χ1) is 10.6. The smallest absolute Gasteiger partial charge is 0.276 e. The molecule has 116 valence electrons. The van der Waals surface area contributed by atoms with Gasteiger partial charge in [-0.1, -0.05) is 11.3 Å². The second kappa shape index (κ2) is 6.22. The maximum absolute atomic E-state index is 12.2. The highest BCUT2D eigenvalue weighted by Crippen LogP contribution is 2.20. The Kier molecular flexibility index (Phi) is 4.14. The van der Waals surface area contributed by atoms with Crippen molar-refractivity contribution in [2.75, 3.05) is 18.0 Å².